The lowest BCUT2D eigenvalue weighted by atomic mass is 9.99. The number of alkyl halides is 8. The minimum Gasteiger partial charge on any atom is -0.302 e. The summed E-state index contributed by atoms with van der Waals surface area (Å²) < 4.78 is 178. The molecule has 2 aliphatic heterocycles. The smallest absolute Gasteiger partial charge is 0.302 e. The summed E-state index contributed by atoms with van der Waals surface area (Å²) in [6.45, 7) is 6.63. The molecule has 8 rings (SSSR count). The van der Waals surface area contributed by atoms with Gasteiger partial charge < -0.3 is 5.32 Å². The minimum absolute atomic E-state index is 0. The number of ketones is 2. The molecule has 0 aliphatic carbocycles. The number of sulfonamides is 1. The second-order valence-electron chi connectivity index (χ2n) is 17.7. The van der Waals surface area contributed by atoms with Gasteiger partial charge >= 0.3 is 12.4 Å². The van der Waals surface area contributed by atoms with Crippen LogP contribution in [0.1, 0.15) is 73.4 Å². The number of aryl methyl sites for hydroxylation is 4. The molecular weight excluding hydrogens is 1140 g/mol. The van der Waals surface area contributed by atoms with Crippen LogP contribution in [0.2, 0.25) is 0 Å². The maximum absolute atomic E-state index is 14.6. The van der Waals surface area contributed by atoms with E-state index in [0.29, 0.717) is 28.8 Å². The van der Waals surface area contributed by atoms with Crippen molar-refractivity contribution in [1.29, 1.82) is 0 Å². The molecule has 0 unspecified atom stereocenters. The molecule has 0 saturated carbocycles. The number of hydrogen-bond acceptors (Lipinski definition) is 15. The van der Waals surface area contributed by atoms with E-state index in [1.165, 1.54) is 13.1 Å². The Morgan fingerprint density at radius 2 is 1.06 bits per heavy atom. The van der Waals surface area contributed by atoms with Crippen LogP contribution in [0.5, 0.6) is 0 Å². The number of nitrogens with one attached hydrogen (secondary N) is 1. The zero-order valence-corrected chi connectivity index (χ0v) is 44.4. The van der Waals surface area contributed by atoms with Gasteiger partial charge in [-0.3, -0.25) is 19.6 Å². The highest BCUT2D eigenvalue weighted by molar-refractivity contribution is 8.13. The maximum Gasteiger partial charge on any atom is 0.451 e. The molecule has 6 atom stereocenters. The highest BCUT2D eigenvalue weighted by atomic mass is 35.7. The second kappa shape index (κ2) is 25.7. The Morgan fingerprint density at radius 3 is 1.45 bits per heavy atom. The summed E-state index contributed by atoms with van der Waals surface area (Å²) in [5.41, 5.74) is 4.35. The van der Waals surface area contributed by atoms with E-state index in [0.717, 1.165) is 76.9 Å². The molecule has 16 nitrogen and oxygen atoms in total. The summed E-state index contributed by atoms with van der Waals surface area (Å²) >= 11 is 0. The van der Waals surface area contributed by atoms with Gasteiger partial charge in [0.15, 0.2) is 15.8 Å². The SMILES string of the molecule is Cc1cnc(-c2cnc(C(F)(F)F)nc2)cc1CCC(=O)[C@@H]1C[C@@H](F)[C@H](C)N1.Cc1cnc(-c2cnc(C(F)(F)F)nc2)cc1CCC(=O)[C@@H]1C[C@@H](F)[C@H](C)N1S(=O)(=O)c1ccc(F)cn1.Cl.O=S(=O)(Cl)c1ccc(F)cn1. The number of carbonyl (C=O) groups is 2. The monoisotopic (exact) mass is 1180 g/mol. The van der Waals surface area contributed by atoms with Gasteiger partial charge in [0.2, 0.25) is 11.6 Å². The van der Waals surface area contributed by atoms with Crippen LogP contribution in [0.15, 0.2) is 96.0 Å². The third-order valence-corrected chi connectivity index (χ3v) is 15.3. The third-order valence-electron chi connectivity index (χ3n) is 12.2. The van der Waals surface area contributed by atoms with Crippen LogP contribution in [0.3, 0.4) is 0 Å². The van der Waals surface area contributed by atoms with Gasteiger partial charge in [-0.1, -0.05) is 0 Å². The molecule has 8 heterocycles. The highest BCUT2D eigenvalue weighted by Crippen LogP contribution is 2.35. The van der Waals surface area contributed by atoms with Gasteiger partial charge in [-0.25, -0.2) is 64.3 Å². The molecule has 1 N–H and O–H groups in total. The van der Waals surface area contributed by atoms with Crippen LogP contribution in [0.25, 0.3) is 22.5 Å². The van der Waals surface area contributed by atoms with Gasteiger partial charge in [0.05, 0.1) is 41.9 Å². The van der Waals surface area contributed by atoms with Crippen molar-refractivity contribution in [3.8, 4) is 22.5 Å². The number of carbonyl (C=O) groups excluding carboxylic acids is 2. The Kier molecular flexibility index (Phi) is 20.7. The number of rotatable bonds is 13. The van der Waals surface area contributed by atoms with Crippen molar-refractivity contribution in [2.45, 2.75) is 125 Å². The molecule has 6 aromatic heterocycles. The van der Waals surface area contributed by atoms with E-state index in [1.807, 2.05) is 6.92 Å². The first kappa shape index (κ1) is 62.6. The summed E-state index contributed by atoms with van der Waals surface area (Å²) in [6, 6.07) is 3.93. The van der Waals surface area contributed by atoms with Gasteiger partial charge in [0.25, 0.3) is 19.1 Å². The largest absolute Gasteiger partial charge is 0.451 e. The zero-order chi connectivity index (χ0) is 56.8. The zero-order valence-electron chi connectivity index (χ0n) is 41.1. The van der Waals surface area contributed by atoms with E-state index < -0.39 is 96.0 Å². The number of hydrogen-bond donors (Lipinski definition) is 1. The number of pyridine rings is 4. The summed E-state index contributed by atoms with van der Waals surface area (Å²) in [7, 11) is -3.32. The molecule has 78 heavy (non-hydrogen) atoms. The lowest BCUT2D eigenvalue weighted by molar-refractivity contribution is -0.145. The Balaban J connectivity index is 0.000000245. The van der Waals surface area contributed by atoms with Gasteiger partial charge in [0, 0.05) is 90.7 Å². The first-order chi connectivity index (χ1) is 35.9. The van der Waals surface area contributed by atoms with Crippen molar-refractivity contribution in [2.75, 3.05) is 0 Å². The van der Waals surface area contributed by atoms with Crippen LogP contribution in [0, 0.1) is 25.5 Å². The van der Waals surface area contributed by atoms with E-state index in [1.54, 1.807) is 32.2 Å². The molecule has 0 amide bonds. The first-order valence-corrected chi connectivity index (χ1v) is 26.7. The Bertz CT molecular complexity index is 3270. The molecule has 0 radical (unpaired) electrons. The molecule has 2 fully saturated rings. The van der Waals surface area contributed by atoms with Crippen LogP contribution in [-0.2, 0) is 53.9 Å². The Morgan fingerprint density at radius 1 is 0.628 bits per heavy atom. The van der Waals surface area contributed by atoms with E-state index in [2.05, 4.69) is 45.2 Å². The van der Waals surface area contributed by atoms with Gasteiger partial charge in [-0.15, -0.1) is 12.4 Å². The van der Waals surface area contributed by atoms with Crippen LogP contribution < -0.4 is 5.32 Å². The molecule has 2 saturated heterocycles. The van der Waals surface area contributed by atoms with E-state index >= 15 is 0 Å². The Labute approximate surface area is 450 Å². The van der Waals surface area contributed by atoms with E-state index in [9.17, 15) is 70.3 Å². The average molecular weight is 1180 g/mol. The first-order valence-electron chi connectivity index (χ1n) is 22.9. The maximum atomic E-state index is 14.6. The predicted octanol–water partition coefficient (Wildman–Crippen LogP) is 9.12. The molecule has 30 heteroatoms. The molecule has 0 spiro atoms. The normalized spacial score (nSPS) is 19.7. The average Bonchev–Trinajstić information content (AvgIpc) is 3.88. The van der Waals surface area contributed by atoms with Gasteiger partial charge in [-0.05, 0) is 99.2 Å². The molecule has 0 aromatic carbocycles. The van der Waals surface area contributed by atoms with Crippen molar-refractivity contribution in [3.05, 3.63) is 132 Å². The second-order valence-corrected chi connectivity index (χ2v) is 22.0. The fourth-order valence-corrected chi connectivity index (χ4v) is 10.4. The van der Waals surface area contributed by atoms with Crippen molar-refractivity contribution in [2.24, 2.45) is 0 Å². The van der Waals surface area contributed by atoms with Crippen molar-refractivity contribution in [1.82, 2.24) is 49.5 Å². The summed E-state index contributed by atoms with van der Waals surface area (Å²) in [4.78, 5) is 54.1. The van der Waals surface area contributed by atoms with Crippen molar-refractivity contribution >= 4 is 53.7 Å². The number of aromatic nitrogens is 8. The van der Waals surface area contributed by atoms with Crippen LogP contribution in [0.4, 0.5) is 43.9 Å². The van der Waals surface area contributed by atoms with Crippen LogP contribution >= 0.6 is 23.1 Å². The molecule has 420 valence electrons. The predicted molar refractivity (Wildman–Crippen MR) is 263 cm³/mol. The molecule has 2 aliphatic rings. The number of Topliss-reactive ketones (excluding diaryl/α,β-unsaturated/α-hetero) is 2. The fourth-order valence-electron chi connectivity index (χ4n) is 7.95. The standard InChI is InChI=1S/C24H22F5N5O3S.C19H20F4N4O.C5H3ClFNO2S.ClH/c1-13-9-30-19(16-10-32-23(33-11-16)24(27,28)29)7-15(13)3-5-21(35)20-8-18(26)14(2)34(20)38(36,37)22-6-4-17(25)12-31-22;1-10-7-24-15(13-8-25-18(26-9-13)19(21,22)23)5-12(10)3-4-17(28)16-6-14(20)11(2)27-16;6-11(9,10)5-2-1-4(7)3-8-5;/h4,6-7,9-12,14,18,20H,3,5,8H2,1-2H3;5,7-9,11,14,16,27H,3-4,6H2,1-2H3;1-3H;1H/t14-,18+,20-;11-,14+,16-;;/m00../s1. The molecular formula is C48H46Cl2F10N10O6S2. The van der Waals surface area contributed by atoms with E-state index in [4.69, 9.17) is 10.7 Å². The third kappa shape index (κ3) is 16.0. The van der Waals surface area contributed by atoms with Crippen LogP contribution in [-0.4, -0.2) is 109 Å². The summed E-state index contributed by atoms with van der Waals surface area (Å²) in [5.74, 6) is -4.41. The topological polar surface area (TPSA) is 221 Å². The number of nitrogens with zero attached hydrogens (tertiary/aromatic N) is 9. The lowest BCUT2D eigenvalue weighted by Gasteiger charge is -2.26. The van der Waals surface area contributed by atoms with Crippen molar-refractivity contribution < 1.29 is 70.3 Å². The molecule has 0 bridgehead atoms. The van der Waals surface area contributed by atoms with E-state index in [-0.39, 0.29) is 72.6 Å². The quantitative estimate of drug-likeness (QED) is 0.0842. The van der Waals surface area contributed by atoms with Gasteiger partial charge in [0.1, 0.15) is 29.8 Å². The summed E-state index contributed by atoms with van der Waals surface area (Å²) in [6.07, 6.45) is -2.62. The highest BCUT2D eigenvalue weighted by Gasteiger charge is 2.49. The lowest BCUT2D eigenvalue weighted by Crippen LogP contribution is -2.45. The fraction of sp³-hybridized carbons (Fsp3) is 0.375. The van der Waals surface area contributed by atoms with Gasteiger partial charge in [-0.2, -0.15) is 30.6 Å². The number of halogens is 12. The minimum atomic E-state index is -4.69. The Hall–Kier alpha value is -6.20. The summed E-state index contributed by atoms with van der Waals surface area (Å²) in [5, 5.41) is 2.12. The van der Waals surface area contributed by atoms with Crippen molar-refractivity contribution in [3.63, 3.8) is 0 Å². The molecule has 6 aromatic rings.